The lowest BCUT2D eigenvalue weighted by Crippen LogP contribution is -2.43. The van der Waals surface area contributed by atoms with Gasteiger partial charge >= 0.3 is 17.8 Å². The van der Waals surface area contributed by atoms with Crippen LogP contribution in [0.2, 0.25) is 0 Å². The lowest BCUT2D eigenvalue weighted by Gasteiger charge is -2.24. The smallest absolute Gasteiger partial charge is 0.410 e. The summed E-state index contributed by atoms with van der Waals surface area (Å²) in [7, 11) is 0. The van der Waals surface area contributed by atoms with E-state index in [2.05, 4.69) is 9.72 Å². The van der Waals surface area contributed by atoms with Crippen molar-refractivity contribution in [3.05, 3.63) is 121 Å². The van der Waals surface area contributed by atoms with Crippen LogP contribution in [0.15, 0.2) is 64.3 Å². The predicted octanol–water partition coefficient (Wildman–Crippen LogP) is 4.71. The number of likely N-dealkylation sites (tertiary alicyclic amines) is 1. The molecule has 1 aliphatic carbocycles. The number of aromatic nitrogens is 2. The summed E-state index contributed by atoms with van der Waals surface area (Å²) in [6.07, 6.45) is -0.239. The zero-order valence-electron chi connectivity index (χ0n) is 23.3. The minimum atomic E-state index is -2.45. The topological polar surface area (TPSA) is 111 Å². The number of ether oxygens (including phenoxy) is 2. The highest BCUT2D eigenvalue weighted by Crippen LogP contribution is 2.44. The number of hydrogen-bond donors (Lipinski definition) is 1. The Balaban J connectivity index is 1.30. The molecule has 4 aromatic rings. The molecule has 0 spiro atoms. The fourth-order valence-electron chi connectivity index (χ4n) is 5.82. The summed E-state index contributed by atoms with van der Waals surface area (Å²) in [6, 6.07) is 12.4. The Bertz CT molecular complexity index is 1920. The number of amides is 1. The van der Waals surface area contributed by atoms with Crippen LogP contribution in [0.25, 0.3) is 11.1 Å². The maximum absolute atomic E-state index is 14.3. The Hall–Kier alpha value is -5.27. The number of carbonyl (C=O) groups excluding carboxylic acids is 2. The third-order valence-corrected chi connectivity index (χ3v) is 8.03. The Morgan fingerprint density at radius 1 is 0.867 bits per heavy atom. The van der Waals surface area contributed by atoms with Gasteiger partial charge in [0, 0.05) is 30.6 Å². The number of benzene rings is 3. The van der Waals surface area contributed by atoms with Crippen LogP contribution < -0.4 is 16.0 Å². The van der Waals surface area contributed by atoms with E-state index in [1.807, 2.05) is 48.5 Å². The summed E-state index contributed by atoms with van der Waals surface area (Å²) in [6.45, 7) is 0.881. The highest BCUT2D eigenvalue weighted by molar-refractivity contribution is 5.84. The second-order valence-electron chi connectivity index (χ2n) is 10.7. The number of fused-ring (bicyclic) bond motifs is 3. The van der Waals surface area contributed by atoms with Gasteiger partial charge in [0.25, 0.3) is 5.56 Å². The number of H-pyrrole nitrogens is 1. The zero-order chi connectivity index (χ0) is 32.2. The molecular formula is C31H22F5N3O6. The van der Waals surface area contributed by atoms with Gasteiger partial charge in [-0.15, -0.1) is 0 Å². The Labute approximate surface area is 250 Å². The van der Waals surface area contributed by atoms with Crippen LogP contribution in [0.3, 0.4) is 0 Å². The van der Waals surface area contributed by atoms with Gasteiger partial charge in [-0.05, 0) is 29.2 Å². The van der Waals surface area contributed by atoms with Crippen molar-refractivity contribution in [3.8, 4) is 16.9 Å². The molecule has 14 heteroatoms. The summed E-state index contributed by atoms with van der Waals surface area (Å²) in [5.74, 6) is -15.6. The molecule has 9 nitrogen and oxygen atoms in total. The second-order valence-corrected chi connectivity index (χ2v) is 10.7. The first-order chi connectivity index (χ1) is 21.5. The summed E-state index contributed by atoms with van der Waals surface area (Å²) >= 11 is 0. The number of aryl methyl sites for hydroxylation is 1. The van der Waals surface area contributed by atoms with Crippen molar-refractivity contribution in [3.63, 3.8) is 0 Å². The van der Waals surface area contributed by atoms with E-state index in [4.69, 9.17) is 4.74 Å². The molecule has 2 atom stereocenters. The standard InChI is InChI=1S/C31H22F5N3O6/c1-14-11-38(30(42)37-28(14)40)15-10-21(29(41)45-27-25(35)23(33)22(32)24(34)26(27)36)39(12-15)31(43)44-13-20-18-8-4-2-6-16(18)17-7-3-5-9-19(17)20/h2-9,11,15,20-21H,10,12-13H2,1H3,(H,37,40,42)/t15-,21-/m1/s1. The molecule has 1 fully saturated rings. The van der Waals surface area contributed by atoms with Gasteiger partial charge in [0.05, 0.1) is 6.04 Å². The number of hydrogen-bond acceptors (Lipinski definition) is 6. The van der Waals surface area contributed by atoms with E-state index in [-0.39, 0.29) is 31.1 Å². The molecule has 2 heterocycles. The molecule has 6 rings (SSSR count). The first-order valence-electron chi connectivity index (χ1n) is 13.6. The molecule has 1 aliphatic heterocycles. The van der Waals surface area contributed by atoms with Crippen molar-refractivity contribution >= 4 is 12.1 Å². The second kappa shape index (κ2) is 11.3. The predicted molar refractivity (Wildman–Crippen MR) is 147 cm³/mol. The number of rotatable bonds is 5. The van der Waals surface area contributed by atoms with Crippen molar-refractivity contribution in [2.24, 2.45) is 0 Å². The van der Waals surface area contributed by atoms with Crippen molar-refractivity contribution in [1.82, 2.24) is 14.5 Å². The van der Waals surface area contributed by atoms with Crippen LogP contribution in [0.1, 0.15) is 35.1 Å². The summed E-state index contributed by atoms with van der Waals surface area (Å²) in [4.78, 5) is 54.2. The molecule has 1 amide bonds. The first kappa shape index (κ1) is 29.8. The fourth-order valence-corrected chi connectivity index (χ4v) is 5.82. The quantitative estimate of drug-likeness (QED) is 0.113. The molecule has 0 radical (unpaired) electrons. The van der Waals surface area contributed by atoms with Gasteiger partial charge in [0.15, 0.2) is 0 Å². The third-order valence-electron chi connectivity index (χ3n) is 8.03. The van der Waals surface area contributed by atoms with E-state index in [0.29, 0.717) is 0 Å². The van der Waals surface area contributed by atoms with E-state index in [1.165, 1.54) is 13.1 Å². The average Bonchev–Trinajstić information content (AvgIpc) is 3.62. The summed E-state index contributed by atoms with van der Waals surface area (Å²) in [5.41, 5.74) is 2.29. The van der Waals surface area contributed by atoms with Crippen LogP contribution >= 0.6 is 0 Å². The maximum atomic E-state index is 14.3. The average molecular weight is 628 g/mol. The number of nitrogens with zero attached hydrogens (tertiary/aromatic N) is 2. The molecule has 0 bridgehead atoms. The van der Waals surface area contributed by atoms with Gasteiger partial charge in [0.2, 0.25) is 34.8 Å². The molecule has 0 saturated carbocycles. The third kappa shape index (κ3) is 5.05. The van der Waals surface area contributed by atoms with Crippen molar-refractivity contribution in [2.45, 2.75) is 31.3 Å². The molecule has 45 heavy (non-hydrogen) atoms. The molecule has 1 saturated heterocycles. The maximum Gasteiger partial charge on any atom is 0.410 e. The van der Waals surface area contributed by atoms with E-state index in [0.717, 1.165) is 31.7 Å². The van der Waals surface area contributed by atoms with E-state index >= 15 is 0 Å². The molecule has 3 aromatic carbocycles. The normalized spacial score (nSPS) is 17.2. The Morgan fingerprint density at radius 2 is 1.42 bits per heavy atom. The van der Waals surface area contributed by atoms with E-state index in [9.17, 15) is 41.1 Å². The summed E-state index contributed by atoms with van der Waals surface area (Å²) < 4.78 is 81.1. The zero-order valence-corrected chi connectivity index (χ0v) is 23.3. The first-order valence-corrected chi connectivity index (χ1v) is 13.6. The van der Waals surface area contributed by atoms with Crippen LogP contribution in [-0.4, -0.2) is 45.7 Å². The van der Waals surface area contributed by atoms with E-state index < -0.39 is 70.2 Å². The number of nitrogens with one attached hydrogen (secondary N) is 1. The highest BCUT2D eigenvalue weighted by atomic mass is 19.2. The highest BCUT2D eigenvalue weighted by Gasteiger charge is 2.44. The van der Waals surface area contributed by atoms with Crippen molar-refractivity contribution < 1.29 is 41.0 Å². The Kier molecular flexibility index (Phi) is 7.51. The molecule has 0 unspecified atom stereocenters. The lowest BCUT2D eigenvalue weighted by atomic mass is 9.98. The number of esters is 1. The van der Waals surface area contributed by atoms with Crippen molar-refractivity contribution in [1.29, 1.82) is 0 Å². The lowest BCUT2D eigenvalue weighted by molar-refractivity contribution is -0.139. The number of aromatic amines is 1. The van der Waals surface area contributed by atoms with Crippen molar-refractivity contribution in [2.75, 3.05) is 13.2 Å². The van der Waals surface area contributed by atoms with E-state index in [1.54, 1.807) is 0 Å². The molecule has 1 N–H and O–H groups in total. The Morgan fingerprint density at radius 3 is 2.02 bits per heavy atom. The fraction of sp³-hybridized carbons (Fsp3) is 0.226. The molecule has 2 aliphatic rings. The molecule has 232 valence electrons. The van der Waals surface area contributed by atoms with Crippen LogP contribution in [0.5, 0.6) is 5.75 Å². The number of carbonyl (C=O) groups is 2. The van der Waals surface area contributed by atoms with Gasteiger partial charge in [-0.3, -0.25) is 19.2 Å². The number of halogens is 5. The van der Waals surface area contributed by atoms with Gasteiger partial charge in [0.1, 0.15) is 12.6 Å². The summed E-state index contributed by atoms with van der Waals surface area (Å²) in [5, 5.41) is 0. The van der Waals surface area contributed by atoms with Crippen LogP contribution in [-0.2, 0) is 9.53 Å². The minimum absolute atomic E-state index is 0.134. The monoisotopic (exact) mass is 627 g/mol. The largest absolute Gasteiger partial charge is 0.448 e. The van der Waals surface area contributed by atoms with Gasteiger partial charge in [-0.25, -0.2) is 27.6 Å². The van der Waals surface area contributed by atoms with Gasteiger partial charge in [-0.2, -0.15) is 8.78 Å². The molecular weight excluding hydrogens is 605 g/mol. The van der Waals surface area contributed by atoms with Crippen LogP contribution in [0.4, 0.5) is 26.7 Å². The van der Waals surface area contributed by atoms with Crippen LogP contribution in [0, 0.1) is 36.0 Å². The SMILES string of the molecule is Cc1cn([C@@H]2C[C@H](C(=O)Oc3c(F)c(F)c(F)c(F)c3F)N(C(=O)OCC3c4ccccc4-c4ccccc43)C2)c(=O)[nH]c1=O. The van der Waals surface area contributed by atoms with Gasteiger partial charge < -0.3 is 9.47 Å². The molecule has 1 aromatic heterocycles. The minimum Gasteiger partial charge on any atom is -0.448 e. The van der Waals surface area contributed by atoms with Gasteiger partial charge in [-0.1, -0.05) is 48.5 Å².